The third-order valence-corrected chi connectivity index (χ3v) is 4.02. The summed E-state index contributed by atoms with van der Waals surface area (Å²) in [5, 5.41) is 28.2. The van der Waals surface area contributed by atoms with Gasteiger partial charge in [0.2, 0.25) is 5.88 Å². The maximum Gasteiger partial charge on any atom is 0.295 e. The first-order valence-corrected chi connectivity index (χ1v) is 8.19. The minimum Gasteiger partial charge on any atom is -0.508 e. The van der Waals surface area contributed by atoms with Crippen molar-refractivity contribution >= 4 is 22.5 Å². The number of ether oxygens (including phenoxy) is 1. The molecule has 3 aromatic rings. The van der Waals surface area contributed by atoms with Crippen molar-refractivity contribution in [1.29, 1.82) is 0 Å². The molecular weight excluding hydrogens is 334 g/mol. The molecule has 3 rings (SSSR count). The number of amides is 1. The van der Waals surface area contributed by atoms with Crippen molar-refractivity contribution in [2.45, 2.75) is 19.9 Å². The first-order valence-electron chi connectivity index (χ1n) is 8.19. The number of aromatic hydroxyl groups is 2. The Hall–Kier alpha value is -3.35. The molecule has 0 bridgehead atoms. The summed E-state index contributed by atoms with van der Waals surface area (Å²) < 4.78 is 6.97. The molecule has 0 aliphatic heterocycles. The van der Waals surface area contributed by atoms with Crippen LogP contribution >= 0.6 is 0 Å². The summed E-state index contributed by atoms with van der Waals surface area (Å²) in [7, 11) is 1.56. The zero-order valence-electron chi connectivity index (χ0n) is 14.5. The van der Waals surface area contributed by atoms with E-state index in [1.807, 2.05) is 13.0 Å². The number of fused-ring (bicyclic) bond motifs is 1. The predicted molar refractivity (Wildman–Crippen MR) is 97.4 cm³/mol. The van der Waals surface area contributed by atoms with E-state index < -0.39 is 5.91 Å². The van der Waals surface area contributed by atoms with E-state index in [2.05, 4.69) is 10.2 Å². The number of phenols is 1. The predicted octanol–water partition coefficient (Wildman–Crippen LogP) is 4.40. The first kappa shape index (κ1) is 17.5. The lowest BCUT2D eigenvalue weighted by Gasteiger charge is -2.04. The molecule has 0 radical (unpaired) electrons. The van der Waals surface area contributed by atoms with Crippen LogP contribution in [-0.2, 0) is 6.54 Å². The normalized spacial score (nSPS) is 11.3. The Labute approximate surface area is 150 Å². The van der Waals surface area contributed by atoms with Crippen LogP contribution in [0.4, 0.5) is 5.69 Å². The smallest absolute Gasteiger partial charge is 0.295 e. The van der Waals surface area contributed by atoms with E-state index in [0.717, 1.165) is 11.9 Å². The third kappa shape index (κ3) is 3.23. The summed E-state index contributed by atoms with van der Waals surface area (Å²) in [6.07, 6.45) is 0.826. The highest BCUT2D eigenvalue weighted by molar-refractivity contribution is 5.98. The first-order chi connectivity index (χ1) is 12.5. The number of rotatable bonds is 5. The number of hydrogen-bond donors (Lipinski definition) is 2. The summed E-state index contributed by atoms with van der Waals surface area (Å²) in [5.41, 5.74) is 1.30. The quantitative estimate of drug-likeness (QED) is 0.665. The average Bonchev–Trinajstić information content (AvgIpc) is 2.91. The monoisotopic (exact) mass is 353 g/mol. The van der Waals surface area contributed by atoms with E-state index in [1.165, 1.54) is 24.3 Å². The summed E-state index contributed by atoms with van der Waals surface area (Å²) in [6, 6.07) is 11.1. The van der Waals surface area contributed by atoms with Gasteiger partial charge in [-0.25, -0.2) is 0 Å². The fourth-order valence-corrected chi connectivity index (χ4v) is 2.74. The molecule has 0 fully saturated rings. The van der Waals surface area contributed by atoms with Crippen LogP contribution in [0.25, 0.3) is 10.9 Å². The Bertz CT molecular complexity index is 975. The number of aryl methyl sites for hydroxylation is 1. The highest BCUT2D eigenvalue weighted by Gasteiger charge is 2.17. The maximum absolute atomic E-state index is 12.2. The fourth-order valence-electron chi connectivity index (χ4n) is 2.74. The molecule has 0 atom stereocenters. The summed E-state index contributed by atoms with van der Waals surface area (Å²) in [4.78, 5) is 12.2. The average molecular weight is 353 g/mol. The van der Waals surface area contributed by atoms with Gasteiger partial charge in [-0.05, 0) is 48.9 Å². The highest BCUT2D eigenvalue weighted by atomic mass is 16.5. The summed E-state index contributed by atoms with van der Waals surface area (Å²) in [5.74, 6) is 0.0689. The van der Waals surface area contributed by atoms with Gasteiger partial charge in [-0.15, -0.1) is 10.2 Å². The van der Waals surface area contributed by atoms with Gasteiger partial charge in [0.15, 0.2) is 5.69 Å². The molecule has 2 aromatic carbocycles. The topological polar surface area (TPSA) is 96.4 Å². The number of carbonyl (C=O) groups excluding carboxylic acids is 1. The van der Waals surface area contributed by atoms with Crippen LogP contribution in [0.15, 0.2) is 52.7 Å². The van der Waals surface area contributed by atoms with Gasteiger partial charge < -0.3 is 19.5 Å². The third-order valence-electron chi connectivity index (χ3n) is 4.02. The Morgan fingerprint density at radius 3 is 2.54 bits per heavy atom. The van der Waals surface area contributed by atoms with Crippen molar-refractivity contribution in [3.05, 3.63) is 48.0 Å². The lowest BCUT2D eigenvalue weighted by Crippen LogP contribution is -1.95. The van der Waals surface area contributed by atoms with E-state index in [0.29, 0.717) is 23.2 Å². The van der Waals surface area contributed by atoms with E-state index in [-0.39, 0.29) is 17.3 Å². The number of hydrogen-bond acceptors (Lipinski definition) is 5. The Kier molecular flexibility index (Phi) is 4.88. The molecule has 0 aliphatic rings. The van der Waals surface area contributed by atoms with Gasteiger partial charge in [0.25, 0.3) is 5.91 Å². The standard InChI is InChI=1S/C19H19N3O4/c1-3-10-22-16-9-8-14(26-2)11-15(16)17(19(22)25)20-21-18(24)12-4-6-13(23)7-5-12/h4-9,11,23,25H,3,10H2,1-2H3. The molecule has 0 spiro atoms. The SMILES string of the molecule is CCCn1c(O)c(N=NC(=O)c2ccc(O)cc2)c2cc(OC)ccc21. The lowest BCUT2D eigenvalue weighted by atomic mass is 10.2. The number of phenolic OH excluding ortho intramolecular Hbond substituents is 1. The van der Waals surface area contributed by atoms with Crippen molar-refractivity contribution in [2.75, 3.05) is 7.11 Å². The second kappa shape index (κ2) is 7.26. The molecule has 1 aromatic heterocycles. The molecule has 1 amide bonds. The van der Waals surface area contributed by atoms with Gasteiger partial charge in [-0.1, -0.05) is 6.92 Å². The van der Waals surface area contributed by atoms with Crippen LogP contribution in [-0.4, -0.2) is 27.8 Å². The van der Waals surface area contributed by atoms with Gasteiger partial charge in [0.05, 0.1) is 12.6 Å². The minimum absolute atomic E-state index is 0.0441. The van der Waals surface area contributed by atoms with Crippen molar-refractivity contribution in [1.82, 2.24) is 4.57 Å². The molecule has 134 valence electrons. The number of nitrogens with zero attached hydrogens (tertiary/aromatic N) is 3. The molecule has 0 saturated carbocycles. The molecule has 0 unspecified atom stereocenters. The molecule has 7 heteroatoms. The van der Waals surface area contributed by atoms with Crippen LogP contribution in [0.1, 0.15) is 23.7 Å². The second-order valence-corrected chi connectivity index (χ2v) is 5.76. The Morgan fingerprint density at radius 2 is 1.88 bits per heavy atom. The zero-order valence-corrected chi connectivity index (χ0v) is 14.5. The molecule has 1 heterocycles. The van der Waals surface area contributed by atoms with Crippen molar-refractivity contribution in [3.8, 4) is 17.4 Å². The highest BCUT2D eigenvalue weighted by Crippen LogP contribution is 2.40. The van der Waals surface area contributed by atoms with Gasteiger partial charge in [0, 0.05) is 17.5 Å². The van der Waals surface area contributed by atoms with E-state index in [4.69, 9.17) is 4.74 Å². The number of carbonyl (C=O) groups is 1. The van der Waals surface area contributed by atoms with Crippen LogP contribution in [0, 0.1) is 0 Å². The number of aromatic nitrogens is 1. The van der Waals surface area contributed by atoms with E-state index in [1.54, 1.807) is 23.8 Å². The van der Waals surface area contributed by atoms with E-state index >= 15 is 0 Å². The number of benzene rings is 2. The van der Waals surface area contributed by atoms with Crippen LogP contribution < -0.4 is 4.74 Å². The molecule has 2 N–H and O–H groups in total. The molecule has 0 aliphatic carbocycles. The number of methoxy groups -OCH3 is 1. The Balaban J connectivity index is 2.04. The van der Waals surface area contributed by atoms with Crippen molar-refractivity contribution in [2.24, 2.45) is 10.2 Å². The minimum atomic E-state index is -0.566. The van der Waals surface area contributed by atoms with Crippen LogP contribution in [0.3, 0.4) is 0 Å². The molecular formula is C19H19N3O4. The fraction of sp³-hybridized carbons (Fsp3) is 0.211. The van der Waals surface area contributed by atoms with Crippen molar-refractivity contribution < 1.29 is 19.7 Å². The molecule has 26 heavy (non-hydrogen) atoms. The lowest BCUT2D eigenvalue weighted by molar-refractivity contribution is 0.0995. The molecule has 7 nitrogen and oxygen atoms in total. The second-order valence-electron chi connectivity index (χ2n) is 5.76. The van der Waals surface area contributed by atoms with Gasteiger partial charge >= 0.3 is 0 Å². The Morgan fingerprint density at radius 1 is 1.15 bits per heavy atom. The largest absolute Gasteiger partial charge is 0.508 e. The van der Waals surface area contributed by atoms with Crippen LogP contribution in [0.2, 0.25) is 0 Å². The molecule has 0 saturated heterocycles. The van der Waals surface area contributed by atoms with Crippen molar-refractivity contribution in [3.63, 3.8) is 0 Å². The van der Waals surface area contributed by atoms with E-state index in [9.17, 15) is 15.0 Å². The zero-order chi connectivity index (χ0) is 18.7. The number of azo groups is 1. The summed E-state index contributed by atoms with van der Waals surface area (Å²) >= 11 is 0. The van der Waals surface area contributed by atoms with Crippen LogP contribution in [0.5, 0.6) is 17.4 Å². The van der Waals surface area contributed by atoms with Gasteiger partial charge in [-0.2, -0.15) is 0 Å². The maximum atomic E-state index is 12.2. The summed E-state index contributed by atoms with van der Waals surface area (Å²) in [6.45, 7) is 2.61. The van der Waals surface area contributed by atoms with Gasteiger partial charge in [-0.3, -0.25) is 4.79 Å². The van der Waals surface area contributed by atoms with Gasteiger partial charge in [0.1, 0.15) is 11.5 Å².